The molecule has 0 aromatic carbocycles. The molecule has 4 atom stereocenters. The summed E-state index contributed by atoms with van der Waals surface area (Å²) in [5.74, 6) is -0.269. The highest BCUT2D eigenvalue weighted by Gasteiger charge is 2.31. The van der Waals surface area contributed by atoms with Gasteiger partial charge in [0.05, 0.1) is 39.9 Å². The molecule has 10 heteroatoms. The molecule has 0 spiro atoms. The molecule has 0 aromatic rings. The van der Waals surface area contributed by atoms with Gasteiger partial charge in [-0.05, 0) is 83.5 Å². The van der Waals surface area contributed by atoms with Gasteiger partial charge in [0.2, 0.25) is 5.91 Å². The fraction of sp³-hybridized carbons (Fsp3) is 0.852. The van der Waals surface area contributed by atoms with Gasteiger partial charge >= 0.3 is 7.82 Å². The molecule has 9 nitrogen and oxygen atoms in total. The number of phosphoric ester groups is 1. The van der Waals surface area contributed by atoms with Crippen molar-refractivity contribution in [3.63, 3.8) is 0 Å². The number of allylic oxidation sites excluding steroid dienone is 8. The van der Waals surface area contributed by atoms with Crippen LogP contribution in [0.2, 0.25) is 0 Å². The highest BCUT2D eigenvalue weighted by molar-refractivity contribution is 7.47. The first kappa shape index (κ1) is 69.4. The van der Waals surface area contributed by atoms with Crippen LogP contribution in [0.5, 0.6) is 0 Å². The SMILES string of the molecule is CCCCC/C=C/CC/C=C/CCCC(O)C(O)C(COP(=O)(O)OCC[N+](C)(C)C)NC(=O)CCCCCCCCCCCCCCCCCCCCCCCCC/C=C\C/C=C\CCCCCCC. The van der Waals surface area contributed by atoms with Crippen LogP contribution in [0.25, 0.3) is 0 Å². The zero-order chi connectivity index (χ0) is 52.2. The van der Waals surface area contributed by atoms with Crippen molar-refractivity contribution in [1.29, 1.82) is 0 Å². The lowest BCUT2D eigenvalue weighted by Crippen LogP contribution is -2.51. The van der Waals surface area contributed by atoms with Crippen molar-refractivity contribution in [2.75, 3.05) is 40.9 Å². The lowest BCUT2D eigenvalue weighted by molar-refractivity contribution is -0.870. The topological polar surface area (TPSA) is 125 Å². The summed E-state index contributed by atoms with van der Waals surface area (Å²) in [5, 5.41) is 24.8. The number of rotatable bonds is 55. The quantitative estimate of drug-likeness (QED) is 0.0207. The van der Waals surface area contributed by atoms with Crippen LogP contribution in [0.3, 0.4) is 0 Å². The fourth-order valence-corrected chi connectivity index (χ4v) is 9.57. The molecule has 0 fully saturated rings. The summed E-state index contributed by atoms with van der Waals surface area (Å²) in [6.45, 7) is 4.55. The molecular formula is C61H118N2O7P+. The highest BCUT2D eigenvalue weighted by Crippen LogP contribution is 2.43. The van der Waals surface area contributed by atoms with Crippen LogP contribution in [-0.2, 0) is 18.4 Å². The van der Waals surface area contributed by atoms with Crippen LogP contribution in [0.15, 0.2) is 48.6 Å². The van der Waals surface area contributed by atoms with E-state index in [2.05, 4.69) is 67.8 Å². The molecule has 0 aliphatic heterocycles. The molecule has 0 saturated carbocycles. The first-order valence-electron chi connectivity index (χ1n) is 30.1. The summed E-state index contributed by atoms with van der Waals surface area (Å²) in [5.41, 5.74) is 0. The molecule has 4 unspecified atom stereocenters. The van der Waals surface area contributed by atoms with Crippen molar-refractivity contribution in [1.82, 2.24) is 5.32 Å². The van der Waals surface area contributed by atoms with E-state index in [1.807, 2.05) is 21.1 Å². The van der Waals surface area contributed by atoms with Crippen molar-refractivity contribution in [2.45, 2.75) is 295 Å². The maximum Gasteiger partial charge on any atom is 0.472 e. The van der Waals surface area contributed by atoms with Crippen LogP contribution in [0, 0.1) is 0 Å². The van der Waals surface area contributed by atoms with Gasteiger partial charge in [-0.1, -0.05) is 236 Å². The largest absolute Gasteiger partial charge is 0.472 e. The van der Waals surface area contributed by atoms with Gasteiger partial charge in [-0.15, -0.1) is 0 Å². The third-order valence-corrected chi connectivity index (χ3v) is 14.6. The first-order chi connectivity index (χ1) is 34.4. The molecule has 0 aliphatic carbocycles. The van der Waals surface area contributed by atoms with Crippen LogP contribution in [0.4, 0.5) is 0 Å². The molecule has 1 amide bonds. The Morgan fingerprint density at radius 1 is 0.493 bits per heavy atom. The summed E-state index contributed by atoms with van der Waals surface area (Å²) >= 11 is 0. The summed E-state index contributed by atoms with van der Waals surface area (Å²) in [6, 6.07) is -1.06. The lowest BCUT2D eigenvalue weighted by atomic mass is 10.0. The number of aliphatic hydroxyl groups excluding tert-OH is 2. The molecular weight excluding hydrogens is 904 g/mol. The third kappa shape index (κ3) is 53.1. The lowest BCUT2D eigenvalue weighted by Gasteiger charge is -2.28. The molecule has 0 bridgehead atoms. The number of amides is 1. The summed E-state index contributed by atoms with van der Waals surface area (Å²) in [6.07, 6.45) is 65.2. The van der Waals surface area contributed by atoms with Gasteiger partial charge in [-0.2, -0.15) is 0 Å². The van der Waals surface area contributed by atoms with Crippen molar-refractivity contribution in [2.24, 2.45) is 0 Å². The van der Waals surface area contributed by atoms with Gasteiger partial charge in [0.25, 0.3) is 0 Å². The van der Waals surface area contributed by atoms with Gasteiger partial charge in [0.1, 0.15) is 19.3 Å². The zero-order valence-corrected chi connectivity index (χ0v) is 48.2. The van der Waals surface area contributed by atoms with Crippen LogP contribution in [0.1, 0.15) is 277 Å². The first-order valence-corrected chi connectivity index (χ1v) is 31.6. The Bertz CT molecular complexity index is 1310. The Labute approximate surface area is 440 Å². The molecule has 0 aliphatic rings. The van der Waals surface area contributed by atoms with E-state index in [1.165, 1.54) is 193 Å². The van der Waals surface area contributed by atoms with E-state index in [0.717, 1.165) is 51.4 Å². The van der Waals surface area contributed by atoms with Gasteiger partial charge in [-0.25, -0.2) is 4.57 Å². The normalized spacial score (nSPS) is 14.6. The number of hydrogen-bond acceptors (Lipinski definition) is 6. The molecule has 4 N–H and O–H groups in total. The van der Waals surface area contributed by atoms with Crippen molar-refractivity contribution in [3.05, 3.63) is 48.6 Å². The maximum absolute atomic E-state index is 13.0. The average molecular weight is 1020 g/mol. The Kier molecular flexibility index (Phi) is 50.7. The Hall–Kier alpha value is -1.58. The Morgan fingerprint density at radius 3 is 1.28 bits per heavy atom. The smallest absolute Gasteiger partial charge is 0.390 e. The number of aliphatic hydroxyl groups is 2. The summed E-state index contributed by atoms with van der Waals surface area (Å²) in [4.78, 5) is 23.3. The molecule has 0 rings (SSSR count). The average Bonchev–Trinajstić information content (AvgIpc) is 3.33. The minimum absolute atomic E-state index is 0.0143. The minimum Gasteiger partial charge on any atom is -0.390 e. The van der Waals surface area contributed by atoms with Crippen LogP contribution < -0.4 is 5.32 Å². The van der Waals surface area contributed by atoms with E-state index in [4.69, 9.17) is 9.05 Å². The van der Waals surface area contributed by atoms with E-state index in [-0.39, 0.29) is 18.9 Å². The number of carbonyl (C=O) groups excluding carboxylic acids is 1. The molecule has 0 radical (unpaired) electrons. The highest BCUT2D eigenvalue weighted by atomic mass is 31.2. The van der Waals surface area contributed by atoms with E-state index < -0.39 is 32.7 Å². The van der Waals surface area contributed by atoms with Gasteiger partial charge in [0, 0.05) is 6.42 Å². The number of phosphoric acid groups is 1. The minimum atomic E-state index is -4.43. The van der Waals surface area contributed by atoms with Gasteiger partial charge in [0.15, 0.2) is 0 Å². The number of quaternary nitrogens is 1. The summed E-state index contributed by atoms with van der Waals surface area (Å²) in [7, 11) is 1.42. The van der Waals surface area contributed by atoms with Gasteiger partial charge in [-0.3, -0.25) is 13.8 Å². The molecule has 0 heterocycles. The van der Waals surface area contributed by atoms with Crippen LogP contribution in [-0.4, -0.2) is 84.6 Å². The number of carbonyl (C=O) groups is 1. The van der Waals surface area contributed by atoms with Crippen molar-refractivity contribution in [3.8, 4) is 0 Å². The second-order valence-corrected chi connectivity index (χ2v) is 23.3. The third-order valence-electron chi connectivity index (χ3n) is 13.6. The fourth-order valence-electron chi connectivity index (χ4n) is 8.84. The summed E-state index contributed by atoms with van der Waals surface area (Å²) < 4.78 is 23.6. The van der Waals surface area contributed by atoms with Crippen LogP contribution >= 0.6 is 7.82 Å². The van der Waals surface area contributed by atoms with Crippen molar-refractivity contribution >= 4 is 13.7 Å². The zero-order valence-electron chi connectivity index (χ0n) is 47.3. The van der Waals surface area contributed by atoms with E-state index in [0.29, 0.717) is 23.9 Å². The standard InChI is InChI=1S/C61H117N2O7P/c1-6-8-10-12-14-16-18-20-21-22-23-24-25-26-27-28-29-30-31-32-33-34-35-36-37-38-39-40-41-42-44-46-48-50-52-54-60(65)62-58(57-70-71(67,68)69-56-55-63(3,4)5)61(66)59(64)53-51-49-47-45-43-19-17-15-13-11-9-7-2/h15,17-18,20,22-23,45,47,58-59,61,64,66H,6-14,16,19,21,24-44,46,48-57H2,1-5H3,(H-,62,65,67,68)/p+1/b17-15+,20-18-,23-22-,47-45+. The Balaban J connectivity index is 4.02. The molecule has 418 valence electrons. The predicted molar refractivity (Wildman–Crippen MR) is 306 cm³/mol. The van der Waals surface area contributed by atoms with Gasteiger partial charge < -0.3 is 24.9 Å². The second kappa shape index (κ2) is 51.9. The van der Waals surface area contributed by atoms with Crippen molar-refractivity contribution < 1.29 is 38.0 Å². The number of nitrogens with zero attached hydrogens (tertiary/aromatic N) is 1. The predicted octanol–water partition coefficient (Wildman–Crippen LogP) is 17.3. The maximum atomic E-state index is 13.0. The molecule has 0 aromatic heterocycles. The number of unbranched alkanes of at least 4 members (excludes halogenated alkanes) is 33. The van der Waals surface area contributed by atoms with E-state index in [9.17, 15) is 24.5 Å². The monoisotopic (exact) mass is 1020 g/mol. The van der Waals surface area contributed by atoms with E-state index in [1.54, 1.807) is 0 Å². The number of hydrogen-bond donors (Lipinski definition) is 4. The van der Waals surface area contributed by atoms with E-state index >= 15 is 0 Å². The number of likely N-dealkylation sites (N-methyl/N-ethyl adjacent to an activating group) is 1. The second-order valence-electron chi connectivity index (χ2n) is 21.8. The Morgan fingerprint density at radius 2 is 0.845 bits per heavy atom. The number of nitrogens with one attached hydrogen (secondary N) is 1. The molecule has 71 heavy (non-hydrogen) atoms. The molecule has 0 saturated heterocycles.